The molecule has 0 bridgehead atoms. The fraction of sp³-hybridized carbons (Fsp3) is 0.150. The van der Waals surface area contributed by atoms with E-state index in [1.807, 2.05) is 0 Å². The Morgan fingerprint density at radius 2 is 1.33 bits per heavy atom. The van der Waals surface area contributed by atoms with Crippen molar-refractivity contribution in [2.24, 2.45) is 0 Å². The van der Waals surface area contributed by atoms with Crippen LogP contribution in [0.3, 0.4) is 0 Å². The van der Waals surface area contributed by atoms with Crippen LogP contribution in [0.4, 0.5) is 22.7 Å². The maximum Gasteiger partial charge on any atom is 0.173 e. The zero-order valence-electron chi connectivity index (χ0n) is 25.7. The van der Waals surface area contributed by atoms with Gasteiger partial charge in [-0.3, -0.25) is 0 Å². The lowest BCUT2D eigenvalue weighted by molar-refractivity contribution is 0.590. The van der Waals surface area contributed by atoms with Gasteiger partial charge in [0.15, 0.2) is 5.82 Å². The number of anilines is 4. The zero-order valence-corrected chi connectivity index (χ0v) is 26.6. The molecule has 0 saturated heterocycles. The Morgan fingerprint density at radius 3 is 2.09 bits per heavy atom. The molecule has 5 aromatic carbocycles. The number of fused-ring (bicyclic) bond motifs is 2. The van der Waals surface area contributed by atoms with Crippen LogP contribution in [-0.2, 0) is 5.41 Å². The molecule has 4 nitrogen and oxygen atoms in total. The third-order valence-corrected chi connectivity index (χ3v) is 9.56. The first kappa shape index (κ1) is 27.5. The summed E-state index contributed by atoms with van der Waals surface area (Å²) in [5.74, 6) is 0.767. The van der Waals surface area contributed by atoms with Crippen molar-refractivity contribution in [1.29, 1.82) is 0 Å². The first-order chi connectivity index (χ1) is 21.9. The van der Waals surface area contributed by atoms with Crippen LogP contribution < -0.4 is 9.80 Å². The minimum atomic E-state index is 0.126. The van der Waals surface area contributed by atoms with Gasteiger partial charge in [-0.1, -0.05) is 93.6 Å². The molecule has 0 unspecified atom stereocenters. The highest BCUT2D eigenvalue weighted by molar-refractivity contribution is 7.09. The molecule has 6 aromatic rings. The van der Waals surface area contributed by atoms with E-state index in [2.05, 4.69) is 158 Å². The molecule has 2 heterocycles. The topological polar surface area (TPSA) is 32.3 Å². The second-order valence-corrected chi connectivity index (χ2v) is 13.5. The van der Waals surface area contributed by atoms with Gasteiger partial charge in [0.2, 0.25) is 0 Å². The molecule has 8 rings (SSSR count). The second-order valence-electron chi connectivity index (χ2n) is 12.8. The fourth-order valence-corrected chi connectivity index (χ4v) is 7.09. The standard InChI is InChI=1S/C40H34N4S/c1-40(2,3)31-21-16-29(17-22-31)39-41-38(42-45-39)28-19-23-32(24-20-28)43-34-12-6-8-14-36(34)44(37-15-9-7-13-35(37)43)33-25-18-27-10-4-5-11-30(27)26-33/h4-6,8-12,14-26H,7,13H2,1-3H3. The third kappa shape index (κ3) is 4.94. The first-order valence-electron chi connectivity index (χ1n) is 15.6. The van der Waals surface area contributed by atoms with E-state index in [1.54, 1.807) is 0 Å². The number of allylic oxidation sites excluding steroid dienone is 3. The molecule has 0 radical (unpaired) electrons. The van der Waals surface area contributed by atoms with Gasteiger partial charge in [0.05, 0.1) is 17.1 Å². The lowest BCUT2D eigenvalue weighted by Crippen LogP contribution is -2.32. The van der Waals surface area contributed by atoms with Crippen molar-refractivity contribution >= 4 is 45.1 Å². The molecular weight excluding hydrogens is 569 g/mol. The van der Waals surface area contributed by atoms with Crippen molar-refractivity contribution in [3.8, 4) is 22.0 Å². The summed E-state index contributed by atoms with van der Waals surface area (Å²) < 4.78 is 4.73. The zero-order chi connectivity index (χ0) is 30.5. The Labute approximate surface area is 268 Å². The fourth-order valence-electron chi connectivity index (χ4n) is 6.41. The molecule has 1 aliphatic carbocycles. The second kappa shape index (κ2) is 10.9. The van der Waals surface area contributed by atoms with Crippen molar-refractivity contribution < 1.29 is 0 Å². The molecule has 2 aliphatic rings. The van der Waals surface area contributed by atoms with Gasteiger partial charge in [-0.15, -0.1) is 0 Å². The first-order valence-corrected chi connectivity index (χ1v) is 16.3. The van der Waals surface area contributed by atoms with Gasteiger partial charge in [0, 0.05) is 28.2 Å². The highest BCUT2D eigenvalue weighted by atomic mass is 32.1. The van der Waals surface area contributed by atoms with E-state index in [1.165, 1.54) is 56.3 Å². The van der Waals surface area contributed by atoms with Crippen molar-refractivity contribution in [3.05, 3.63) is 144 Å². The summed E-state index contributed by atoms with van der Waals surface area (Å²) in [7, 11) is 0. The van der Waals surface area contributed by atoms with Gasteiger partial charge in [-0.05, 0) is 101 Å². The smallest absolute Gasteiger partial charge is 0.173 e. The quantitative estimate of drug-likeness (QED) is 0.201. The van der Waals surface area contributed by atoms with E-state index in [0.29, 0.717) is 0 Å². The van der Waals surface area contributed by atoms with Crippen molar-refractivity contribution in [2.75, 3.05) is 9.80 Å². The van der Waals surface area contributed by atoms with Gasteiger partial charge in [0.1, 0.15) is 5.01 Å². The summed E-state index contributed by atoms with van der Waals surface area (Å²) >= 11 is 1.46. The minimum absolute atomic E-state index is 0.126. The molecule has 0 fully saturated rings. The Morgan fingerprint density at radius 1 is 0.667 bits per heavy atom. The van der Waals surface area contributed by atoms with Crippen LogP contribution in [0.2, 0.25) is 0 Å². The van der Waals surface area contributed by atoms with Gasteiger partial charge in [-0.2, -0.15) is 4.37 Å². The molecule has 0 N–H and O–H groups in total. The number of benzene rings is 5. The molecule has 0 amide bonds. The molecule has 5 heteroatoms. The predicted octanol–water partition coefficient (Wildman–Crippen LogP) is 11.2. The Bertz CT molecular complexity index is 2100. The minimum Gasteiger partial charge on any atom is -0.310 e. The highest BCUT2D eigenvalue weighted by Crippen LogP contribution is 2.49. The van der Waals surface area contributed by atoms with E-state index >= 15 is 0 Å². The molecular formula is C40H34N4S. The summed E-state index contributed by atoms with van der Waals surface area (Å²) in [5.41, 5.74) is 10.8. The highest BCUT2D eigenvalue weighted by Gasteiger charge is 2.32. The number of hydrogen-bond donors (Lipinski definition) is 0. The molecule has 220 valence electrons. The van der Waals surface area contributed by atoms with Gasteiger partial charge < -0.3 is 9.80 Å². The van der Waals surface area contributed by atoms with Crippen LogP contribution >= 0.6 is 11.5 Å². The van der Waals surface area contributed by atoms with Crippen molar-refractivity contribution in [2.45, 2.75) is 39.0 Å². The molecule has 1 aliphatic heterocycles. The normalized spacial score (nSPS) is 14.6. The van der Waals surface area contributed by atoms with Crippen LogP contribution in [0, 0.1) is 0 Å². The molecule has 0 spiro atoms. The van der Waals surface area contributed by atoms with E-state index in [4.69, 9.17) is 9.36 Å². The van der Waals surface area contributed by atoms with Crippen LogP contribution in [0.1, 0.15) is 39.2 Å². The Kier molecular flexibility index (Phi) is 6.65. The van der Waals surface area contributed by atoms with Crippen molar-refractivity contribution in [3.63, 3.8) is 0 Å². The number of para-hydroxylation sites is 2. The maximum atomic E-state index is 4.92. The van der Waals surface area contributed by atoms with E-state index in [-0.39, 0.29) is 5.41 Å². The Hall–Kier alpha value is -5.00. The average Bonchev–Trinajstić information content (AvgIpc) is 3.57. The molecule has 0 saturated carbocycles. The summed E-state index contributed by atoms with van der Waals surface area (Å²) in [6, 6.07) is 41.5. The lowest BCUT2D eigenvalue weighted by atomic mass is 9.87. The van der Waals surface area contributed by atoms with Gasteiger partial charge in [0.25, 0.3) is 0 Å². The van der Waals surface area contributed by atoms with E-state index in [0.717, 1.165) is 40.5 Å². The Balaban J connectivity index is 1.15. The molecule has 1 aromatic heterocycles. The van der Waals surface area contributed by atoms with Crippen molar-refractivity contribution in [1.82, 2.24) is 9.36 Å². The van der Waals surface area contributed by atoms with Crippen LogP contribution in [-0.4, -0.2) is 9.36 Å². The molecule has 0 atom stereocenters. The van der Waals surface area contributed by atoms with Crippen LogP contribution in [0.15, 0.2) is 139 Å². The van der Waals surface area contributed by atoms with Gasteiger partial charge in [-0.25, -0.2) is 4.98 Å². The predicted molar refractivity (Wildman–Crippen MR) is 190 cm³/mol. The van der Waals surface area contributed by atoms with E-state index in [9.17, 15) is 0 Å². The number of nitrogens with zero attached hydrogens (tertiary/aromatic N) is 4. The summed E-state index contributed by atoms with van der Waals surface area (Å²) in [6.45, 7) is 6.71. The van der Waals surface area contributed by atoms with Crippen LogP contribution in [0.5, 0.6) is 0 Å². The van der Waals surface area contributed by atoms with E-state index < -0.39 is 0 Å². The van der Waals surface area contributed by atoms with Gasteiger partial charge >= 0.3 is 0 Å². The monoisotopic (exact) mass is 602 g/mol. The third-order valence-electron chi connectivity index (χ3n) is 8.79. The average molecular weight is 603 g/mol. The largest absolute Gasteiger partial charge is 0.310 e. The summed E-state index contributed by atoms with van der Waals surface area (Å²) in [5, 5.41) is 3.44. The number of rotatable bonds is 4. The van der Waals surface area contributed by atoms with Crippen LogP contribution in [0.25, 0.3) is 32.7 Å². The molecule has 45 heavy (non-hydrogen) atoms. The maximum absolute atomic E-state index is 4.92. The lowest BCUT2D eigenvalue weighted by Gasteiger charge is -2.42. The number of aromatic nitrogens is 2. The number of hydrogen-bond acceptors (Lipinski definition) is 5. The summed E-state index contributed by atoms with van der Waals surface area (Å²) in [6.07, 6.45) is 6.57. The SMILES string of the molecule is CC(C)(C)c1ccc(-c2nc(-c3ccc(N4C5=C(C=CCC5)N(c5ccc6ccccc6c5)c5ccccc54)cc3)ns2)cc1. The summed E-state index contributed by atoms with van der Waals surface area (Å²) in [4.78, 5) is 9.78.